The van der Waals surface area contributed by atoms with Gasteiger partial charge < -0.3 is 10.6 Å². The van der Waals surface area contributed by atoms with Crippen LogP contribution in [-0.4, -0.2) is 12.5 Å². The lowest BCUT2D eigenvalue weighted by molar-refractivity contribution is 0.0951. The smallest absolute Gasteiger partial charge is 0.251 e. The minimum Gasteiger partial charge on any atom is -0.352 e. The van der Waals surface area contributed by atoms with Gasteiger partial charge in [0.15, 0.2) is 0 Å². The minimum atomic E-state index is 0. The van der Waals surface area contributed by atoms with Crippen LogP contribution in [0, 0.1) is 5.92 Å². The third kappa shape index (κ3) is 3.53. The molecule has 0 bridgehead atoms. The predicted molar refractivity (Wildman–Crippen MR) is 83.1 cm³/mol. The topological polar surface area (TPSA) is 41.1 Å². The van der Waals surface area contributed by atoms with E-state index in [-0.39, 0.29) is 18.3 Å². The summed E-state index contributed by atoms with van der Waals surface area (Å²) in [5.74, 6) is 0.914. The molecule has 0 unspecified atom stereocenters. The third-order valence-electron chi connectivity index (χ3n) is 4.41. The molecule has 2 aliphatic rings. The van der Waals surface area contributed by atoms with E-state index in [1.54, 1.807) is 0 Å². The van der Waals surface area contributed by atoms with Crippen molar-refractivity contribution in [1.82, 2.24) is 10.6 Å². The Bertz CT molecular complexity index is 470. The summed E-state index contributed by atoms with van der Waals surface area (Å²) in [6, 6.07) is 6.04. The monoisotopic (exact) mass is 294 g/mol. The van der Waals surface area contributed by atoms with Crippen LogP contribution in [0.1, 0.15) is 53.6 Å². The van der Waals surface area contributed by atoms with Crippen molar-refractivity contribution >= 4 is 18.3 Å². The molecule has 1 aliphatic heterocycles. The van der Waals surface area contributed by atoms with Crippen molar-refractivity contribution in [2.45, 2.75) is 45.2 Å². The Morgan fingerprint density at radius 2 is 1.95 bits per heavy atom. The maximum absolute atomic E-state index is 12.1. The van der Waals surface area contributed by atoms with Crippen molar-refractivity contribution in [3.8, 4) is 0 Å². The van der Waals surface area contributed by atoms with Crippen LogP contribution in [-0.2, 0) is 13.1 Å². The molecule has 1 fully saturated rings. The van der Waals surface area contributed by atoms with Gasteiger partial charge in [-0.2, -0.15) is 0 Å². The normalized spacial score (nSPS) is 17.6. The number of nitrogens with one attached hydrogen (secondary N) is 2. The largest absolute Gasteiger partial charge is 0.352 e. The highest BCUT2D eigenvalue weighted by Crippen LogP contribution is 2.26. The van der Waals surface area contributed by atoms with Gasteiger partial charge in [0.1, 0.15) is 0 Å². The van der Waals surface area contributed by atoms with E-state index in [1.807, 2.05) is 12.1 Å². The fourth-order valence-corrected chi connectivity index (χ4v) is 3.23. The number of rotatable bonds is 4. The van der Waals surface area contributed by atoms with Crippen molar-refractivity contribution in [3.63, 3.8) is 0 Å². The van der Waals surface area contributed by atoms with Crippen LogP contribution in [0.15, 0.2) is 18.2 Å². The number of fused-ring (bicyclic) bond motifs is 1. The van der Waals surface area contributed by atoms with Gasteiger partial charge in [-0.1, -0.05) is 31.7 Å². The first kappa shape index (κ1) is 15.3. The molecule has 0 saturated heterocycles. The predicted octanol–water partition coefficient (Wildman–Crippen LogP) is 3.02. The molecule has 0 spiro atoms. The fraction of sp³-hybridized carbons (Fsp3) is 0.562. The average molecular weight is 295 g/mol. The van der Waals surface area contributed by atoms with E-state index in [0.29, 0.717) is 0 Å². The maximum Gasteiger partial charge on any atom is 0.251 e. The average Bonchev–Trinajstić information content (AvgIpc) is 3.08. The van der Waals surface area contributed by atoms with Crippen molar-refractivity contribution in [1.29, 1.82) is 0 Å². The molecule has 20 heavy (non-hydrogen) atoms. The summed E-state index contributed by atoms with van der Waals surface area (Å²) >= 11 is 0. The standard InChI is InChI=1S/C16H22N2O.ClH/c19-16(18-8-7-12-3-1-2-4-12)13-5-6-14-10-17-11-15(14)9-13;/h5-6,9,12,17H,1-4,7-8,10-11H2,(H,18,19);1H. The highest BCUT2D eigenvalue weighted by Gasteiger charge is 2.16. The molecule has 4 heteroatoms. The number of carbonyl (C=O) groups excluding carboxylic acids is 1. The van der Waals surface area contributed by atoms with E-state index >= 15 is 0 Å². The molecule has 1 saturated carbocycles. The van der Waals surface area contributed by atoms with Crippen molar-refractivity contribution in [2.75, 3.05) is 6.54 Å². The molecule has 0 aromatic heterocycles. The van der Waals surface area contributed by atoms with E-state index in [1.165, 1.54) is 36.8 Å². The Morgan fingerprint density at radius 1 is 1.20 bits per heavy atom. The zero-order valence-corrected chi connectivity index (χ0v) is 12.6. The Morgan fingerprint density at radius 3 is 2.75 bits per heavy atom. The Labute approximate surface area is 126 Å². The third-order valence-corrected chi connectivity index (χ3v) is 4.41. The molecule has 1 amide bonds. The van der Waals surface area contributed by atoms with Gasteiger partial charge in [-0.3, -0.25) is 4.79 Å². The minimum absolute atomic E-state index is 0. The lowest BCUT2D eigenvalue weighted by atomic mass is 10.0. The van der Waals surface area contributed by atoms with Crippen LogP contribution in [0.3, 0.4) is 0 Å². The van der Waals surface area contributed by atoms with E-state index in [4.69, 9.17) is 0 Å². The van der Waals surface area contributed by atoms with Crippen LogP contribution in [0.25, 0.3) is 0 Å². The molecule has 0 atom stereocenters. The first-order valence-electron chi connectivity index (χ1n) is 7.43. The second-order valence-corrected chi connectivity index (χ2v) is 5.78. The second kappa shape index (κ2) is 7.09. The molecule has 1 aromatic carbocycles. The van der Waals surface area contributed by atoms with Crippen molar-refractivity contribution in [3.05, 3.63) is 34.9 Å². The number of hydrogen-bond donors (Lipinski definition) is 2. The number of halogens is 1. The zero-order valence-electron chi connectivity index (χ0n) is 11.8. The molecule has 1 heterocycles. The Hall–Kier alpha value is -1.06. The van der Waals surface area contributed by atoms with Gasteiger partial charge in [0.05, 0.1) is 0 Å². The molecule has 110 valence electrons. The summed E-state index contributed by atoms with van der Waals surface area (Å²) in [4.78, 5) is 12.1. The molecule has 1 aliphatic carbocycles. The van der Waals surface area contributed by atoms with Crippen molar-refractivity contribution < 1.29 is 4.79 Å². The number of carbonyl (C=O) groups is 1. The number of benzene rings is 1. The fourth-order valence-electron chi connectivity index (χ4n) is 3.23. The Balaban J connectivity index is 0.00000147. The van der Waals surface area contributed by atoms with Gasteiger partial charge in [0.2, 0.25) is 0 Å². The molecule has 3 rings (SSSR count). The van der Waals surface area contributed by atoms with Gasteiger partial charge in [0, 0.05) is 25.2 Å². The molecular formula is C16H23ClN2O. The first-order chi connectivity index (χ1) is 9.33. The van der Waals surface area contributed by atoms with Crippen LogP contribution >= 0.6 is 12.4 Å². The molecule has 2 N–H and O–H groups in total. The molecule has 3 nitrogen and oxygen atoms in total. The van der Waals surface area contributed by atoms with E-state index in [2.05, 4.69) is 16.7 Å². The van der Waals surface area contributed by atoms with Crippen LogP contribution in [0.4, 0.5) is 0 Å². The van der Waals surface area contributed by atoms with Gasteiger partial charge in [-0.05, 0) is 35.6 Å². The summed E-state index contributed by atoms with van der Waals surface area (Å²) < 4.78 is 0. The summed E-state index contributed by atoms with van der Waals surface area (Å²) in [6.07, 6.45) is 6.58. The van der Waals surface area contributed by atoms with E-state index in [9.17, 15) is 4.79 Å². The SMILES string of the molecule is Cl.O=C(NCCC1CCCC1)c1ccc2c(c1)CNC2. The zero-order chi connectivity index (χ0) is 13.1. The van der Waals surface area contributed by atoms with Gasteiger partial charge >= 0.3 is 0 Å². The second-order valence-electron chi connectivity index (χ2n) is 5.78. The van der Waals surface area contributed by atoms with Gasteiger partial charge in [0.25, 0.3) is 5.91 Å². The van der Waals surface area contributed by atoms with E-state index in [0.717, 1.165) is 37.5 Å². The highest BCUT2D eigenvalue weighted by molar-refractivity contribution is 5.94. The van der Waals surface area contributed by atoms with Gasteiger partial charge in [-0.25, -0.2) is 0 Å². The summed E-state index contributed by atoms with van der Waals surface area (Å²) in [6.45, 7) is 2.64. The highest BCUT2D eigenvalue weighted by atomic mass is 35.5. The van der Waals surface area contributed by atoms with E-state index < -0.39 is 0 Å². The van der Waals surface area contributed by atoms with Crippen LogP contribution in [0.5, 0.6) is 0 Å². The number of hydrogen-bond acceptors (Lipinski definition) is 2. The van der Waals surface area contributed by atoms with Gasteiger partial charge in [-0.15, -0.1) is 12.4 Å². The lowest BCUT2D eigenvalue weighted by Crippen LogP contribution is -2.25. The first-order valence-corrected chi connectivity index (χ1v) is 7.43. The molecule has 0 radical (unpaired) electrons. The summed E-state index contributed by atoms with van der Waals surface area (Å²) in [7, 11) is 0. The summed E-state index contributed by atoms with van der Waals surface area (Å²) in [5, 5.41) is 6.36. The Kier molecular flexibility index (Phi) is 5.44. The van der Waals surface area contributed by atoms with Crippen LogP contribution < -0.4 is 10.6 Å². The van der Waals surface area contributed by atoms with Crippen molar-refractivity contribution in [2.24, 2.45) is 5.92 Å². The quantitative estimate of drug-likeness (QED) is 0.896. The summed E-state index contributed by atoms with van der Waals surface area (Å²) in [5.41, 5.74) is 3.39. The molecule has 1 aromatic rings. The van der Waals surface area contributed by atoms with Crippen LogP contribution in [0.2, 0.25) is 0 Å². The molecular weight excluding hydrogens is 272 g/mol. The lowest BCUT2D eigenvalue weighted by Gasteiger charge is -2.10. The maximum atomic E-state index is 12.1. The number of amides is 1.